The van der Waals surface area contributed by atoms with Gasteiger partial charge in [-0.15, -0.1) is 0 Å². The van der Waals surface area contributed by atoms with Crippen molar-refractivity contribution in [2.24, 2.45) is 0 Å². The minimum atomic E-state index is -0.402. The number of benzene rings is 1. The molecule has 0 unspecified atom stereocenters. The molecule has 1 aliphatic heterocycles. The van der Waals surface area contributed by atoms with E-state index in [-0.39, 0.29) is 12.1 Å². The molecule has 1 heterocycles. The standard InChI is InChI=1S/C16H20ClNO3/c1-20-15(19)16(7-3-8-16)18-9-6-14(11-18)21-13-5-2-4-12(17)10-13/h2,4-5,10,14H,3,6-9,11H2,1H3/t14-/m1/s1. The van der Waals surface area contributed by atoms with E-state index in [9.17, 15) is 4.79 Å². The van der Waals surface area contributed by atoms with Crippen LogP contribution in [0.1, 0.15) is 25.7 Å². The normalized spacial score (nSPS) is 24.4. The molecule has 21 heavy (non-hydrogen) atoms. The van der Waals surface area contributed by atoms with Gasteiger partial charge in [0.1, 0.15) is 17.4 Å². The van der Waals surface area contributed by atoms with E-state index in [0.717, 1.165) is 44.5 Å². The Labute approximate surface area is 130 Å². The van der Waals surface area contributed by atoms with Gasteiger partial charge in [0.15, 0.2) is 0 Å². The van der Waals surface area contributed by atoms with E-state index in [0.29, 0.717) is 5.02 Å². The summed E-state index contributed by atoms with van der Waals surface area (Å²) < 4.78 is 11.0. The second-order valence-corrected chi connectivity index (χ2v) is 6.25. The number of ether oxygens (including phenoxy) is 2. The second-order valence-electron chi connectivity index (χ2n) is 5.81. The summed E-state index contributed by atoms with van der Waals surface area (Å²) in [5.41, 5.74) is -0.402. The van der Waals surface area contributed by atoms with Crippen LogP contribution in [0.5, 0.6) is 5.75 Å². The topological polar surface area (TPSA) is 38.8 Å². The van der Waals surface area contributed by atoms with Crippen molar-refractivity contribution >= 4 is 17.6 Å². The van der Waals surface area contributed by atoms with Crippen LogP contribution in [-0.4, -0.2) is 42.7 Å². The Kier molecular flexibility index (Phi) is 4.09. The summed E-state index contributed by atoms with van der Waals surface area (Å²) in [6.45, 7) is 1.64. The van der Waals surface area contributed by atoms with Crippen LogP contribution >= 0.6 is 11.6 Å². The van der Waals surface area contributed by atoms with Crippen LogP contribution in [0.15, 0.2) is 24.3 Å². The highest BCUT2D eigenvalue weighted by Gasteiger charge is 2.52. The van der Waals surface area contributed by atoms with E-state index in [1.165, 1.54) is 7.11 Å². The molecule has 0 spiro atoms. The van der Waals surface area contributed by atoms with Crippen LogP contribution in [0, 0.1) is 0 Å². The number of rotatable bonds is 4. The monoisotopic (exact) mass is 309 g/mol. The molecule has 1 saturated heterocycles. The first-order valence-electron chi connectivity index (χ1n) is 7.40. The summed E-state index contributed by atoms with van der Waals surface area (Å²) in [7, 11) is 1.47. The van der Waals surface area contributed by atoms with Gasteiger partial charge in [-0.2, -0.15) is 0 Å². The predicted octanol–water partition coefficient (Wildman–Crippen LogP) is 2.89. The average molecular weight is 310 g/mol. The maximum Gasteiger partial charge on any atom is 0.326 e. The van der Waals surface area contributed by atoms with Gasteiger partial charge in [-0.05, 0) is 43.9 Å². The van der Waals surface area contributed by atoms with Crippen molar-refractivity contribution in [1.82, 2.24) is 4.90 Å². The number of halogens is 1. The first kappa shape index (κ1) is 14.7. The smallest absolute Gasteiger partial charge is 0.326 e. The van der Waals surface area contributed by atoms with Crippen molar-refractivity contribution in [3.63, 3.8) is 0 Å². The van der Waals surface area contributed by atoms with Crippen LogP contribution in [0.4, 0.5) is 0 Å². The lowest BCUT2D eigenvalue weighted by Crippen LogP contribution is -2.59. The SMILES string of the molecule is COC(=O)C1(N2CC[C@@H](Oc3cccc(Cl)c3)C2)CCC1. The molecule has 1 atom stereocenters. The number of esters is 1. The van der Waals surface area contributed by atoms with E-state index in [4.69, 9.17) is 21.1 Å². The van der Waals surface area contributed by atoms with Crippen LogP contribution in [-0.2, 0) is 9.53 Å². The zero-order valence-electron chi connectivity index (χ0n) is 12.2. The van der Waals surface area contributed by atoms with E-state index >= 15 is 0 Å². The molecule has 114 valence electrons. The third-order valence-electron chi connectivity index (χ3n) is 4.60. The van der Waals surface area contributed by atoms with Gasteiger partial charge in [0, 0.05) is 18.1 Å². The summed E-state index contributed by atoms with van der Waals surface area (Å²) in [4.78, 5) is 14.3. The lowest BCUT2D eigenvalue weighted by atomic mass is 9.75. The first-order valence-corrected chi connectivity index (χ1v) is 7.77. The zero-order chi connectivity index (χ0) is 14.9. The van der Waals surface area contributed by atoms with Crippen LogP contribution < -0.4 is 4.74 Å². The maximum atomic E-state index is 12.1. The molecule has 1 saturated carbocycles. The molecule has 1 aliphatic carbocycles. The highest BCUT2D eigenvalue weighted by molar-refractivity contribution is 6.30. The Balaban J connectivity index is 1.64. The first-order chi connectivity index (χ1) is 10.1. The van der Waals surface area contributed by atoms with Gasteiger partial charge in [-0.25, -0.2) is 0 Å². The third-order valence-corrected chi connectivity index (χ3v) is 4.83. The molecule has 1 aromatic carbocycles. The third kappa shape index (κ3) is 2.74. The Morgan fingerprint density at radius 3 is 2.86 bits per heavy atom. The molecule has 4 nitrogen and oxygen atoms in total. The van der Waals surface area contributed by atoms with Crippen molar-refractivity contribution in [1.29, 1.82) is 0 Å². The molecule has 0 aromatic heterocycles. The van der Waals surface area contributed by atoms with Crippen molar-refractivity contribution in [3.05, 3.63) is 29.3 Å². The highest BCUT2D eigenvalue weighted by Crippen LogP contribution is 2.41. The number of hydrogen-bond acceptors (Lipinski definition) is 4. The van der Waals surface area contributed by atoms with Crippen molar-refractivity contribution in [3.8, 4) is 5.75 Å². The number of carbonyl (C=O) groups is 1. The number of likely N-dealkylation sites (tertiary alicyclic amines) is 1. The molecular weight excluding hydrogens is 290 g/mol. The number of hydrogen-bond donors (Lipinski definition) is 0. The summed E-state index contributed by atoms with van der Waals surface area (Å²) in [5, 5.41) is 0.673. The summed E-state index contributed by atoms with van der Waals surface area (Å²) in [6.07, 6.45) is 3.90. The fourth-order valence-corrected chi connectivity index (χ4v) is 3.48. The van der Waals surface area contributed by atoms with Crippen molar-refractivity contribution in [2.45, 2.75) is 37.3 Å². The average Bonchev–Trinajstić information content (AvgIpc) is 2.86. The summed E-state index contributed by atoms with van der Waals surface area (Å²) in [6, 6.07) is 7.44. The van der Waals surface area contributed by atoms with E-state index in [1.807, 2.05) is 24.3 Å². The number of carbonyl (C=O) groups excluding carboxylic acids is 1. The minimum Gasteiger partial charge on any atom is -0.489 e. The molecule has 0 N–H and O–H groups in total. The number of nitrogens with zero attached hydrogens (tertiary/aromatic N) is 1. The predicted molar refractivity (Wildman–Crippen MR) is 80.7 cm³/mol. The van der Waals surface area contributed by atoms with Gasteiger partial charge in [0.25, 0.3) is 0 Å². The molecule has 0 amide bonds. The molecule has 0 bridgehead atoms. The zero-order valence-corrected chi connectivity index (χ0v) is 12.9. The van der Waals surface area contributed by atoms with Crippen LogP contribution in [0.25, 0.3) is 0 Å². The minimum absolute atomic E-state index is 0.0999. The van der Waals surface area contributed by atoms with E-state index in [2.05, 4.69) is 4.90 Å². The van der Waals surface area contributed by atoms with E-state index < -0.39 is 5.54 Å². The van der Waals surface area contributed by atoms with Crippen molar-refractivity contribution in [2.75, 3.05) is 20.2 Å². The Morgan fingerprint density at radius 1 is 1.43 bits per heavy atom. The fourth-order valence-electron chi connectivity index (χ4n) is 3.30. The molecule has 5 heteroatoms. The second kappa shape index (κ2) is 5.85. The molecule has 2 aliphatic rings. The lowest BCUT2D eigenvalue weighted by Gasteiger charge is -2.45. The van der Waals surface area contributed by atoms with Gasteiger partial charge in [0.2, 0.25) is 0 Å². The number of methoxy groups -OCH3 is 1. The molecule has 3 rings (SSSR count). The molecule has 2 fully saturated rings. The molecule has 0 radical (unpaired) electrons. The van der Waals surface area contributed by atoms with Crippen molar-refractivity contribution < 1.29 is 14.3 Å². The Morgan fingerprint density at radius 2 is 2.24 bits per heavy atom. The lowest BCUT2D eigenvalue weighted by molar-refractivity contribution is -0.161. The maximum absolute atomic E-state index is 12.1. The van der Waals surface area contributed by atoms with Gasteiger partial charge in [-0.3, -0.25) is 9.69 Å². The van der Waals surface area contributed by atoms with Crippen LogP contribution in [0.3, 0.4) is 0 Å². The Bertz CT molecular complexity index is 530. The molecule has 1 aromatic rings. The fraction of sp³-hybridized carbons (Fsp3) is 0.562. The highest BCUT2D eigenvalue weighted by atomic mass is 35.5. The van der Waals surface area contributed by atoms with Gasteiger partial charge >= 0.3 is 5.97 Å². The largest absolute Gasteiger partial charge is 0.489 e. The Hall–Kier alpha value is -1.26. The van der Waals surface area contributed by atoms with Gasteiger partial charge < -0.3 is 9.47 Å². The van der Waals surface area contributed by atoms with Crippen LogP contribution in [0.2, 0.25) is 5.02 Å². The van der Waals surface area contributed by atoms with Gasteiger partial charge in [0.05, 0.1) is 7.11 Å². The summed E-state index contributed by atoms with van der Waals surface area (Å²) >= 11 is 5.97. The molecular formula is C16H20ClNO3. The summed E-state index contributed by atoms with van der Waals surface area (Å²) in [5.74, 6) is 0.687. The quantitative estimate of drug-likeness (QED) is 0.802. The van der Waals surface area contributed by atoms with E-state index in [1.54, 1.807) is 0 Å². The van der Waals surface area contributed by atoms with Gasteiger partial charge in [-0.1, -0.05) is 17.7 Å².